The van der Waals surface area contributed by atoms with Crippen LogP contribution in [0.3, 0.4) is 0 Å². The summed E-state index contributed by atoms with van der Waals surface area (Å²) in [5, 5.41) is 3.85. The van der Waals surface area contributed by atoms with Gasteiger partial charge in [0.05, 0.1) is 29.9 Å². The van der Waals surface area contributed by atoms with Crippen LogP contribution in [0.1, 0.15) is 33.6 Å². The topological polar surface area (TPSA) is 88.6 Å². The Morgan fingerprint density at radius 1 is 1.12 bits per heavy atom. The van der Waals surface area contributed by atoms with Gasteiger partial charge in [0.15, 0.2) is 0 Å². The largest absolute Gasteiger partial charge is 0.460 e. The SMILES string of the molecule is O=C(OCCN1C(=O)CNC1=O)c1c2c(nc3ccccc13)C(=Cc1ccc(Cl)cc1)CC2. The van der Waals surface area contributed by atoms with Crippen molar-refractivity contribution in [2.45, 2.75) is 12.8 Å². The van der Waals surface area contributed by atoms with Crippen LogP contribution >= 0.6 is 11.6 Å². The summed E-state index contributed by atoms with van der Waals surface area (Å²) in [6.07, 6.45) is 3.49. The molecule has 33 heavy (non-hydrogen) atoms. The zero-order valence-corrected chi connectivity index (χ0v) is 18.4. The van der Waals surface area contributed by atoms with Crippen LogP contribution in [0.25, 0.3) is 22.6 Å². The number of imide groups is 1. The molecule has 5 rings (SSSR count). The summed E-state index contributed by atoms with van der Waals surface area (Å²) >= 11 is 6.00. The summed E-state index contributed by atoms with van der Waals surface area (Å²) < 4.78 is 5.51. The number of halogens is 1. The molecule has 0 saturated carbocycles. The van der Waals surface area contributed by atoms with Crippen LogP contribution in [0.4, 0.5) is 4.79 Å². The Kier molecular flexibility index (Phi) is 5.56. The van der Waals surface area contributed by atoms with Gasteiger partial charge in [-0.15, -0.1) is 0 Å². The quantitative estimate of drug-likeness (QED) is 0.457. The van der Waals surface area contributed by atoms with Crippen molar-refractivity contribution in [3.8, 4) is 0 Å². The van der Waals surface area contributed by atoms with E-state index in [1.807, 2.05) is 48.5 Å². The van der Waals surface area contributed by atoms with Gasteiger partial charge in [-0.05, 0) is 53.8 Å². The number of urea groups is 1. The maximum Gasteiger partial charge on any atom is 0.339 e. The number of aromatic nitrogens is 1. The van der Waals surface area contributed by atoms with E-state index >= 15 is 0 Å². The minimum atomic E-state index is -0.482. The molecular formula is C25H20ClN3O4. The Labute approximate surface area is 195 Å². The maximum atomic E-state index is 13.2. The number of pyridine rings is 1. The zero-order chi connectivity index (χ0) is 22.9. The van der Waals surface area contributed by atoms with E-state index in [-0.39, 0.29) is 25.6 Å². The van der Waals surface area contributed by atoms with Crippen LogP contribution in [-0.4, -0.2) is 47.5 Å². The van der Waals surface area contributed by atoms with Crippen molar-refractivity contribution in [1.82, 2.24) is 15.2 Å². The lowest BCUT2D eigenvalue weighted by Crippen LogP contribution is -2.34. The molecule has 0 atom stereocenters. The minimum Gasteiger partial charge on any atom is -0.460 e. The van der Waals surface area contributed by atoms with Crippen LogP contribution in [0.5, 0.6) is 0 Å². The van der Waals surface area contributed by atoms with Crippen LogP contribution in [0.2, 0.25) is 5.02 Å². The molecule has 3 amide bonds. The summed E-state index contributed by atoms with van der Waals surface area (Å²) in [6.45, 7) is -0.0851. The number of rotatable bonds is 5. The van der Waals surface area contributed by atoms with Crippen molar-refractivity contribution in [2.75, 3.05) is 19.7 Å². The third kappa shape index (κ3) is 4.07. The molecule has 3 aromatic rings. The first-order chi connectivity index (χ1) is 16.0. The Morgan fingerprint density at radius 3 is 2.67 bits per heavy atom. The molecule has 166 valence electrons. The monoisotopic (exact) mass is 461 g/mol. The van der Waals surface area contributed by atoms with Crippen molar-refractivity contribution in [2.24, 2.45) is 0 Å². The van der Waals surface area contributed by atoms with E-state index < -0.39 is 12.0 Å². The van der Waals surface area contributed by atoms with E-state index in [2.05, 4.69) is 11.4 Å². The average molecular weight is 462 g/mol. The summed E-state index contributed by atoms with van der Waals surface area (Å²) in [7, 11) is 0. The minimum absolute atomic E-state index is 0.0172. The van der Waals surface area contributed by atoms with Gasteiger partial charge in [-0.2, -0.15) is 0 Å². The van der Waals surface area contributed by atoms with Crippen LogP contribution in [0.15, 0.2) is 48.5 Å². The normalized spacial score (nSPS) is 16.4. The molecule has 2 heterocycles. The Hall–Kier alpha value is -3.71. The molecule has 2 aromatic carbocycles. The van der Waals surface area contributed by atoms with Gasteiger partial charge in [-0.1, -0.05) is 41.9 Å². The lowest BCUT2D eigenvalue weighted by atomic mass is 10.0. The number of nitrogens with zero attached hydrogens (tertiary/aromatic N) is 2. The molecule has 1 N–H and O–H groups in total. The number of para-hydroxylation sites is 1. The fourth-order valence-corrected chi connectivity index (χ4v) is 4.38. The molecule has 1 aromatic heterocycles. The highest BCUT2D eigenvalue weighted by Gasteiger charge is 2.30. The van der Waals surface area contributed by atoms with Crippen molar-refractivity contribution in [3.05, 3.63) is 75.9 Å². The predicted molar refractivity (Wildman–Crippen MR) is 125 cm³/mol. The lowest BCUT2D eigenvalue weighted by molar-refractivity contribution is -0.125. The average Bonchev–Trinajstić information content (AvgIpc) is 3.36. The van der Waals surface area contributed by atoms with Gasteiger partial charge in [-0.3, -0.25) is 9.69 Å². The molecule has 8 heteroatoms. The predicted octanol–water partition coefficient (Wildman–Crippen LogP) is 4.08. The number of esters is 1. The van der Waals surface area contributed by atoms with E-state index in [4.69, 9.17) is 21.3 Å². The highest BCUT2D eigenvalue weighted by molar-refractivity contribution is 6.30. The summed E-state index contributed by atoms with van der Waals surface area (Å²) in [4.78, 5) is 42.5. The number of fused-ring (bicyclic) bond motifs is 2. The molecular weight excluding hydrogens is 442 g/mol. The van der Waals surface area contributed by atoms with Gasteiger partial charge in [0, 0.05) is 10.4 Å². The lowest BCUT2D eigenvalue weighted by Gasteiger charge is -2.15. The fraction of sp³-hybridized carbons (Fsp3) is 0.200. The molecule has 7 nitrogen and oxygen atoms in total. The molecule has 1 aliphatic heterocycles. The molecule has 1 saturated heterocycles. The molecule has 0 radical (unpaired) electrons. The van der Waals surface area contributed by atoms with Crippen LogP contribution < -0.4 is 5.32 Å². The van der Waals surface area contributed by atoms with Crippen LogP contribution in [-0.2, 0) is 16.0 Å². The van der Waals surface area contributed by atoms with Gasteiger partial charge < -0.3 is 10.1 Å². The number of ether oxygens (including phenoxy) is 1. The highest BCUT2D eigenvalue weighted by Crippen LogP contribution is 2.37. The molecule has 0 unspecified atom stereocenters. The summed E-state index contributed by atoms with van der Waals surface area (Å²) in [5.41, 5.74) is 4.91. The molecule has 0 spiro atoms. The summed E-state index contributed by atoms with van der Waals surface area (Å²) in [6, 6.07) is 14.6. The summed E-state index contributed by atoms with van der Waals surface area (Å²) in [5.74, 6) is -0.812. The fourth-order valence-electron chi connectivity index (χ4n) is 4.26. The molecule has 2 aliphatic rings. The third-order valence-corrected chi connectivity index (χ3v) is 6.09. The molecule has 0 bridgehead atoms. The number of hydrogen-bond donors (Lipinski definition) is 1. The van der Waals surface area contributed by atoms with Crippen molar-refractivity contribution in [3.63, 3.8) is 0 Å². The van der Waals surface area contributed by atoms with Crippen LogP contribution in [0, 0.1) is 0 Å². The van der Waals surface area contributed by atoms with Crippen molar-refractivity contribution >= 4 is 52.1 Å². The Morgan fingerprint density at radius 2 is 1.91 bits per heavy atom. The first kappa shape index (κ1) is 21.2. The number of allylic oxidation sites excluding steroid dienone is 1. The van der Waals surface area contributed by atoms with E-state index in [1.165, 1.54) is 0 Å². The smallest absolute Gasteiger partial charge is 0.339 e. The van der Waals surface area contributed by atoms with Gasteiger partial charge >= 0.3 is 12.0 Å². The van der Waals surface area contributed by atoms with E-state index in [0.29, 0.717) is 22.5 Å². The number of carbonyl (C=O) groups is 3. The standard InChI is InChI=1S/C25H20ClN3O4/c26-17-8-5-15(6-9-17)13-16-7-10-19-22(18-3-1-2-4-20(18)28-23(16)19)24(31)33-12-11-29-21(30)14-27-25(29)32/h1-6,8-9,13H,7,10-12,14H2,(H,27,32). The molecule has 1 aliphatic carbocycles. The second-order valence-corrected chi connectivity index (χ2v) is 8.33. The number of nitrogens with one attached hydrogen (secondary N) is 1. The number of carbonyl (C=O) groups excluding carboxylic acids is 3. The van der Waals surface area contributed by atoms with E-state index in [9.17, 15) is 14.4 Å². The number of hydrogen-bond acceptors (Lipinski definition) is 5. The highest BCUT2D eigenvalue weighted by atomic mass is 35.5. The first-order valence-electron chi connectivity index (χ1n) is 10.6. The van der Waals surface area contributed by atoms with Gasteiger partial charge in [-0.25, -0.2) is 14.6 Å². The maximum absolute atomic E-state index is 13.2. The zero-order valence-electron chi connectivity index (χ0n) is 17.6. The second kappa shape index (κ2) is 8.67. The number of benzene rings is 2. The van der Waals surface area contributed by atoms with Gasteiger partial charge in [0.1, 0.15) is 6.61 Å². The molecule has 1 fully saturated rings. The first-order valence-corrected chi connectivity index (χ1v) is 11.0. The third-order valence-electron chi connectivity index (χ3n) is 5.84. The Bertz CT molecular complexity index is 1300. The van der Waals surface area contributed by atoms with Gasteiger partial charge in [0.25, 0.3) is 0 Å². The van der Waals surface area contributed by atoms with Gasteiger partial charge in [0.2, 0.25) is 5.91 Å². The van der Waals surface area contributed by atoms with Crippen molar-refractivity contribution in [1.29, 1.82) is 0 Å². The van der Waals surface area contributed by atoms with E-state index in [0.717, 1.165) is 39.1 Å². The number of amides is 3. The Balaban J connectivity index is 1.46. The van der Waals surface area contributed by atoms with Crippen molar-refractivity contribution < 1.29 is 19.1 Å². The second-order valence-electron chi connectivity index (χ2n) is 7.89. The van der Waals surface area contributed by atoms with E-state index in [1.54, 1.807) is 0 Å².